The van der Waals surface area contributed by atoms with Gasteiger partial charge in [0.05, 0.1) is 33.7 Å². The fourth-order valence-corrected chi connectivity index (χ4v) is 4.08. The number of fused-ring (bicyclic) bond motifs is 1. The quantitative estimate of drug-likeness (QED) is 0.391. The number of carboxylic acids is 1. The van der Waals surface area contributed by atoms with Gasteiger partial charge in [0.15, 0.2) is 0 Å². The summed E-state index contributed by atoms with van der Waals surface area (Å²) >= 11 is 9.54. The third kappa shape index (κ3) is 4.37. The van der Waals surface area contributed by atoms with E-state index in [1.165, 1.54) is 6.07 Å². The minimum absolute atomic E-state index is 0.165. The van der Waals surface area contributed by atoms with Gasteiger partial charge in [-0.15, -0.1) is 0 Å². The molecule has 2 heterocycles. The van der Waals surface area contributed by atoms with Crippen molar-refractivity contribution in [3.63, 3.8) is 0 Å². The van der Waals surface area contributed by atoms with Crippen molar-refractivity contribution in [3.8, 4) is 16.9 Å². The van der Waals surface area contributed by atoms with Crippen molar-refractivity contribution in [3.05, 3.63) is 86.1 Å². The fraction of sp³-hybridized carbons (Fsp3) is 0.130. The Bertz CT molecular complexity index is 1400. The number of nitrogens with zero attached hydrogens (tertiary/aromatic N) is 3. The van der Waals surface area contributed by atoms with E-state index in [1.54, 1.807) is 60.3 Å². The number of aryl methyl sites for hydroxylation is 1. The third-order valence-corrected chi connectivity index (χ3v) is 5.78. The number of pyridine rings is 1. The smallest absolute Gasteiger partial charge is 0.335 e. The van der Waals surface area contributed by atoms with E-state index < -0.39 is 5.97 Å². The SMILES string of the molecule is Cc1nc2cncc(Br)c2c(=O)n1CCOc1ccc(Cl)cc1-c1cccc(C(=O)O)c1. The van der Waals surface area contributed by atoms with Crippen molar-refractivity contribution in [2.45, 2.75) is 13.5 Å². The summed E-state index contributed by atoms with van der Waals surface area (Å²) in [6.45, 7) is 2.23. The van der Waals surface area contributed by atoms with Crippen molar-refractivity contribution in [1.29, 1.82) is 0 Å². The number of carboxylic acid groups (broad SMARTS) is 1. The molecule has 1 N–H and O–H groups in total. The van der Waals surface area contributed by atoms with E-state index in [2.05, 4.69) is 25.9 Å². The van der Waals surface area contributed by atoms with Crippen molar-refractivity contribution >= 4 is 44.4 Å². The lowest BCUT2D eigenvalue weighted by molar-refractivity contribution is 0.0697. The predicted octanol–water partition coefficient (Wildman–Crippen LogP) is 4.96. The van der Waals surface area contributed by atoms with Crippen molar-refractivity contribution in [2.24, 2.45) is 0 Å². The molecule has 0 unspecified atom stereocenters. The van der Waals surface area contributed by atoms with Crippen LogP contribution in [0.3, 0.4) is 0 Å². The fourth-order valence-electron chi connectivity index (χ4n) is 3.42. The summed E-state index contributed by atoms with van der Waals surface area (Å²) in [5, 5.41) is 10.3. The highest BCUT2D eigenvalue weighted by Gasteiger charge is 2.13. The molecule has 0 aliphatic heterocycles. The van der Waals surface area contributed by atoms with Gasteiger partial charge in [0.25, 0.3) is 5.56 Å². The molecule has 32 heavy (non-hydrogen) atoms. The third-order valence-electron chi connectivity index (χ3n) is 4.95. The lowest BCUT2D eigenvalue weighted by Gasteiger charge is -2.15. The Hall–Kier alpha value is -3.23. The number of aromatic nitrogens is 3. The zero-order valence-electron chi connectivity index (χ0n) is 16.9. The summed E-state index contributed by atoms with van der Waals surface area (Å²) in [4.78, 5) is 32.9. The van der Waals surface area contributed by atoms with E-state index >= 15 is 0 Å². The molecular formula is C23H17BrClN3O4. The molecule has 2 aromatic carbocycles. The van der Waals surface area contributed by atoms with Crippen LogP contribution in [0.25, 0.3) is 22.0 Å². The number of carbonyl (C=O) groups is 1. The molecule has 4 aromatic rings. The molecule has 0 atom stereocenters. The lowest BCUT2D eigenvalue weighted by Crippen LogP contribution is -2.27. The molecule has 0 amide bonds. The van der Waals surface area contributed by atoms with Crippen molar-refractivity contribution in [1.82, 2.24) is 14.5 Å². The number of hydrogen-bond acceptors (Lipinski definition) is 5. The number of ether oxygens (including phenoxy) is 1. The number of hydrogen-bond donors (Lipinski definition) is 1. The van der Waals surface area contributed by atoms with Crippen LogP contribution < -0.4 is 10.3 Å². The molecule has 0 bridgehead atoms. The van der Waals surface area contributed by atoms with Crippen LogP contribution in [0.1, 0.15) is 16.2 Å². The van der Waals surface area contributed by atoms with E-state index in [0.717, 1.165) is 0 Å². The summed E-state index contributed by atoms with van der Waals surface area (Å²) in [7, 11) is 0. The maximum atomic E-state index is 13.0. The monoisotopic (exact) mass is 513 g/mol. The van der Waals surface area contributed by atoms with Crippen LogP contribution >= 0.6 is 27.5 Å². The van der Waals surface area contributed by atoms with E-state index in [-0.39, 0.29) is 24.3 Å². The maximum absolute atomic E-state index is 13.0. The molecule has 0 saturated carbocycles. The van der Waals surface area contributed by atoms with Gasteiger partial charge in [0.1, 0.15) is 18.2 Å². The van der Waals surface area contributed by atoms with Crippen LogP contribution in [0.5, 0.6) is 5.75 Å². The molecule has 0 aliphatic carbocycles. The lowest BCUT2D eigenvalue weighted by atomic mass is 10.0. The highest BCUT2D eigenvalue weighted by Crippen LogP contribution is 2.33. The zero-order valence-corrected chi connectivity index (χ0v) is 19.2. The van der Waals surface area contributed by atoms with Gasteiger partial charge in [-0.1, -0.05) is 23.7 Å². The molecule has 4 rings (SSSR count). The number of rotatable bonds is 6. The van der Waals surface area contributed by atoms with E-state index in [4.69, 9.17) is 16.3 Å². The van der Waals surface area contributed by atoms with Gasteiger partial charge in [0.2, 0.25) is 0 Å². The topological polar surface area (TPSA) is 94.3 Å². The Balaban J connectivity index is 1.62. The molecule has 0 radical (unpaired) electrons. The molecule has 0 aliphatic rings. The van der Waals surface area contributed by atoms with Gasteiger partial charge in [0, 0.05) is 16.8 Å². The number of benzene rings is 2. The van der Waals surface area contributed by atoms with Gasteiger partial charge in [-0.3, -0.25) is 14.3 Å². The van der Waals surface area contributed by atoms with E-state index in [9.17, 15) is 14.7 Å². The van der Waals surface area contributed by atoms with Crippen LogP contribution in [-0.2, 0) is 6.54 Å². The van der Waals surface area contributed by atoms with Crippen LogP contribution in [0.15, 0.2) is 64.1 Å². The first-order valence-electron chi connectivity index (χ1n) is 9.62. The molecule has 7 nitrogen and oxygen atoms in total. The largest absolute Gasteiger partial charge is 0.491 e. The summed E-state index contributed by atoms with van der Waals surface area (Å²) < 4.78 is 8.12. The van der Waals surface area contributed by atoms with Gasteiger partial charge in [-0.05, 0) is 58.7 Å². The maximum Gasteiger partial charge on any atom is 0.335 e. The van der Waals surface area contributed by atoms with E-state index in [0.29, 0.717) is 43.1 Å². The van der Waals surface area contributed by atoms with Gasteiger partial charge in [-0.2, -0.15) is 0 Å². The average Bonchev–Trinajstić information content (AvgIpc) is 2.76. The standard InChI is InChI=1S/C23H17BrClN3O4/c1-13-27-19-12-26-11-18(24)21(19)22(29)28(13)7-8-32-20-6-5-16(25)10-17(20)14-3-2-4-15(9-14)23(30)31/h2-6,9-12H,7-8H2,1H3,(H,30,31). The van der Waals surface area contributed by atoms with Gasteiger partial charge >= 0.3 is 5.97 Å². The second-order valence-corrected chi connectivity index (χ2v) is 8.30. The van der Waals surface area contributed by atoms with Crippen LogP contribution in [0.4, 0.5) is 0 Å². The highest BCUT2D eigenvalue weighted by molar-refractivity contribution is 9.10. The Morgan fingerprint density at radius 2 is 2.03 bits per heavy atom. The highest BCUT2D eigenvalue weighted by atomic mass is 79.9. The Morgan fingerprint density at radius 3 is 2.81 bits per heavy atom. The van der Waals surface area contributed by atoms with Crippen molar-refractivity contribution in [2.75, 3.05) is 6.61 Å². The first-order chi connectivity index (χ1) is 15.3. The first kappa shape index (κ1) is 22.0. The Morgan fingerprint density at radius 1 is 1.22 bits per heavy atom. The summed E-state index contributed by atoms with van der Waals surface area (Å²) in [6, 6.07) is 11.7. The van der Waals surface area contributed by atoms with Gasteiger partial charge < -0.3 is 9.84 Å². The number of aromatic carboxylic acids is 1. The Kier molecular flexibility index (Phi) is 6.25. The first-order valence-corrected chi connectivity index (χ1v) is 10.8. The second kappa shape index (κ2) is 9.10. The molecular weight excluding hydrogens is 498 g/mol. The van der Waals surface area contributed by atoms with Gasteiger partial charge in [-0.25, -0.2) is 9.78 Å². The summed E-state index contributed by atoms with van der Waals surface area (Å²) in [5.41, 5.74) is 1.83. The summed E-state index contributed by atoms with van der Waals surface area (Å²) in [6.07, 6.45) is 3.12. The molecule has 0 fully saturated rings. The second-order valence-electron chi connectivity index (χ2n) is 7.01. The van der Waals surface area contributed by atoms with Crippen molar-refractivity contribution < 1.29 is 14.6 Å². The summed E-state index contributed by atoms with van der Waals surface area (Å²) in [5.74, 6) is 0.0645. The van der Waals surface area contributed by atoms with Crippen LogP contribution in [0.2, 0.25) is 5.02 Å². The van der Waals surface area contributed by atoms with Crippen LogP contribution in [0, 0.1) is 6.92 Å². The Labute approximate surface area is 196 Å². The normalized spacial score (nSPS) is 11.0. The minimum Gasteiger partial charge on any atom is -0.491 e. The minimum atomic E-state index is -1.02. The van der Waals surface area contributed by atoms with Crippen LogP contribution in [-0.4, -0.2) is 32.2 Å². The molecule has 0 saturated heterocycles. The molecule has 162 valence electrons. The van der Waals surface area contributed by atoms with E-state index in [1.807, 2.05) is 0 Å². The molecule has 0 spiro atoms. The predicted molar refractivity (Wildman–Crippen MR) is 126 cm³/mol. The molecule has 9 heteroatoms. The average molecular weight is 515 g/mol. The number of halogens is 2. The zero-order chi connectivity index (χ0) is 22.8. The molecule has 2 aromatic heterocycles.